The standard InChI is InChI=1S/C19H20N6O2/c1-8-5-6-13(26)10(3)15(8)25-16(20)14(18-23-24-19(21)27-18)12-7-9(2)11(4)22-17(12)25/h5-7,26H,20H2,1-4H3,(H2,21,24). The first-order valence-corrected chi connectivity index (χ1v) is 8.46. The number of aryl methyl sites for hydroxylation is 3. The summed E-state index contributed by atoms with van der Waals surface area (Å²) in [4.78, 5) is 4.76. The van der Waals surface area contributed by atoms with Crippen LogP contribution in [-0.2, 0) is 0 Å². The second-order valence-corrected chi connectivity index (χ2v) is 6.68. The molecule has 8 nitrogen and oxygen atoms in total. The Hall–Kier alpha value is -3.55. The van der Waals surface area contributed by atoms with E-state index in [9.17, 15) is 5.11 Å². The molecule has 0 amide bonds. The van der Waals surface area contributed by atoms with Crippen LogP contribution < -0.4 is 11.5 Å². The molecule has 4 aromatic rings. The average molecular weight is 364 g/mol. The first kappa shape index (κ1) is 16.9. The van der Waals surface area contributed by atoms with Gasteiger partial charge in [0.1, 0.15) is 17.2 Å². The number of fused-ring (bicyclic) bond motifs is 1. The van der Waals surface area contributed by atoms with Crippen LogP contribution >= 0.6 is 0 Å². The van der Waals surface area contributed by atoms with Gasteiger partial charge >= 0.3 is 6.01 Å². The van der Waals surface area contributed by atoms with Crippen molar-refractivity contribution in [1.29, 1.82) is 0 Å². The molecule has 0 aliphatic heterocycles. The molecule has 1 aromatic carbocycles. The van der Waals surface area contributed by atoms with Crippen molar-refractivity contribution in [3.05, 3.63) is 40.6 Å². The number of aromatic hydroxyl groups is 1. The third-order valence-electron chi connectivity index (χ3n) is 4.91. The second-order valence-electron chi connectivity index (χ2n) is 6.68. The van der Waals surface area contributed by atoms with E-state index in [1.54, 1.807) is 6.07 Å². The lowest BCUT2D eigenvalue weighted by Crippen LogP contribution is -2.06. The summed E-state index contributed by atoms with van der Waals surface area (Å²) in [5.74, 6) is 0.807. The van der Waals surface area contributed by atoms with Gasteiger partial charge in [-0.2, -0.15) is 0 Å². The Morgan fingerprint density at radius 1 is 1.04 bits per heavy atom. The topological polar surface area (TPSA) is 129 Å². The Bertz CT molecular complexity index is 1210. The van der Waals surface area contributed by atoms with E-state index in [4.69, 9.17) is 20.9 Å². The monoisotopic (exact) mass is 364 g/mol. The van der Waals surface area contributed by atoms with E-state index < -0.39 is 0 Å². The van der Waals surface area contributed by atoms with Crippen molar-refractivity contribution >= 4 is 22.9 Å². The smallest absolute Gasteiger partial charge is 0.313 e. The highest BCUT2D eigenvalue weighted by atomic mass is 16.4. The molecule has 0 aliphatic carbocycles. The number of pyridine rings is 1. The maximum Gasteiger partial charge on any atom is 0.313 e. The molecule has 4 rings (SSSR count). The minimum atomic E-state index is -0.0354. The lowest BCUT2D eigenvalue weighted by molar-refractivity contribution is 0.470. The number of hydrogen-bond donors (Lipinski definition) is 3. The van der Waals surface area contributed by atoms with Crippen LogP contribution in [0.1, 0.15) is 22.4 Å². The molecule has 27 heavy (non-hydrogen) atoms. The highest BCUT2D eigenvalue weighted by Crippen LogP contribution is 2.40. The summed E-state index contributed by atoms with van der Waals surface area (Å²) in [7, 11) is 0. The van der Waals surface area contributed by atoms with Gasteiger partial charge in [-0.05, 0) is 51.0 Å². The number of nitrogen functional groups attached to an aromatic ring is 2. The summed E-state index contributed by atoms with van der Waals surface area (Å²) in [5, 5.41) is 18.8. The van der Waals surface area contributed by atoms with Crippen molar-refractivity contribution < 1.29 is 9.52 Å². The van der Waals surface area contributed by atoms with Crippen LogP contribution in [0.4, 0.5) is 11.8 Å². The fraction of sp³-hybridized carbons (Fsp3) is 0.211. The molecule has 0 atom stereocenters. The van der Waals surface area contributed by atoms with Crippen molar-refractivity contribution in [2.75, 3.05) is 11.5 Å². The van der Waals surface area contributed by atoms with Gasteiger partial charge in [-0.25, -0.2) is 4.98 Å². The van der Waals surface area contributed by atoms with Gasteiger partial charge in [0.25, 0.3) is 5.89 Å². The Balaban J connectivity index is 2.19. The first-order valence-electron chi connectivity index (χ1n) is 8.46. The second kappa shape index (κ2) is 5.73. The van der Waals surface area contributed by atoms with Crippen molar-refractivity contribution in [2.45, 2.75) is 27.7 Å². The number of phenolic OH excluding ortho intramolecular Hbond substituents is 1. The van der Waals surface area contributed by atoms with E-state index in [2.05, 4.69) is 10.2 Å². The highest BCUT2D eigenvalue weighted by molar-refractivity contribution is 6.01. The van der Waals surface area contributed by atoms with Crippen LogP contribution in [0.3, 0.4) is 0 Å². The Labute approximate surface area is 155 Å². The summed E-state index contributed by atoms with van der Waals surface area (Å²) < 4.78 is 7.27. The molecule has 3 aromatic heterocycles. The van der Waals surface area contributed by atoms with Crippen molar-refractivity contribution in [3.63, 3.8) is 0 Å². The van der Waals surface area contributed by atoms with E-state index in [0.29, 0.717) is 22.6 Å². The van der Waals surface area contributed by atoms with E-state index in [1.807, 2.05) is 44.4 Å². The SMILES string of the molecule is Cc1cc2c(-c3nnc(N)o3)c(N)n(-c3c(C)ccc(O)c3C)c2nc1C. The normalized spacial score (nSPS) is 11.4. The lowest BCUT2D eigenvalue weighted by atomic mass is 10.1. The van der Waals surface area contributed by atoms with Crippen LogP contribution in [0.5, 0.6) is 5.75 Å². The number of rotatable bonds is 2. The first-order chi connectivity index (χ1) is 12.8. The molecule has 3 heterocycles. The third kappa shape index (κ3) is 2.41. The quantitative estimate of drug-likeness (QED) is 0.498. The van der Waals surface area contributed by atoms with Crippen LogP contribution in [0.15, 0.2) is 22.6 Å². The minimum absolute atomic E-state index is 0.0354. The number of aromatic nitrogens is 4. The average Bonchev–Trinajstić information content (AvgIpc) is 3.14. The molecular weight excluding hydrogens is 344 g/mol. The molecular formula is C19H20N6O2. The van der Waals surface area contributed by atoms with Crippen LogP contribution in [0.2, 0.25) is 0 Å². The summed E-state index contributed by atoms with van der Waals surface area (Å²) in [6.07, 6.45) is 0. The highest BCUT2D eigenvalue weighted by Gasteiger charge is 2.25. The molecule has 0 unspecified atom stereocenters. The van der Waals surface area contributed by atoms with Gasteiger partial charge < -0.3 is 21.0 Å². The van der Waals surface area contributed by atoms with Crippen LogP contribution in [-0.4, -0.2) is 24.9 Å². The predicted molar refractivity (Wildman–Crippen MR) is 104 cm³/mol. The predicted octanol–water partition coefficient (Wildman–Crippen LogP) is 3.18. The largest absolute Gasteiger partial charge is 0.508 e. The molecule has 8 heteroatoms. The van der Waals surface area contributed by atoms with Gasteiger partial charge in [0, 0.05) is 16.6 Å². The number of benzene rings is 1. The zero-order valence-corrected chi connectivity index (χ0v) is 15.5. The van der Waals surface area contributed by atoms with Gasteiger partial charge in [-0.1, -0.05) is 11.2 Å². The minimum Gasteiger partial charge on any atom is -0.508 e. The molecule has 0 saturated carbocycles. The summed E-state index contributed by atoms with van der Waals surface area (Å²) >= 11 is 0. The number of hydrogen-bond acceptors (Lipinski definition) is 7. The van der Waals surface area contributed by atoms with Gasteiger partial charge in [-0.3, -0.25) is 4.57 Å². The fourth-order valence-corrected chi connectivity index (χ4v) is 3.37. The summed E-state index contributed by atoms with van der Waals surface area (Å²) in [5.41, 5.74) is 17.7. The lowest BCUT2D eigenvalue weighted by Gasteiger charge is -2.15. The third-order valence-corrected chi connectivity index (χ3v) is 4.91. The zero-order valence-electron chi connectivity index (χ0n) is 15.5. The van der Waals surface area contributed by atoms with E-state index in [-0.39, 0.29) is 17.7 Å². The zero-order chi connectivity index (χ0) is 19.5. The molecule has 0 radical (unpaired) electrons. The van der Waals surface area contributed by atoms with Gasteiger partial charge in [0.15, 0.2) is 0 Å². The van der Waals surface area contributed by atoms with Crippen LogP contribution in [0, 0.1) is 27.7 Å². The Kier molecular flexibility index (Phi) is 3.59. The van der Waals surface area contributed by atoms with Crippen molar-refractivity contribution in [1.82, 2.24) is 19.7 Å². The molecule has 0 saturated heterocycles. The van der Waals surface area contributed by atoms with Crippen molar-refractivity contribution in [3.8, 4) is 22.9 Å². The summed E-state index contributed by atoms with van der Waals surface area (Å²) in [6, 6.07) is 5.47. The fourth-order valence-electron chi connectivity index (χ4n) is 3.37. The number of nitrogens with two attached hydrogens (primary N) is 2. The van der Waals surface area contributed by atoms with Gasteiger partial charge in [0.2, 0.25) is 0 Å². The Morgan fingerprint density at radius 3 is 2.44 bits per heavy atom. The van der Waals surface area contributed by atoms with Crippen LogP contribution in [0.25, 0.3) is 28.2 Å². The van der Waals surface area contributed by atoms with Gasteiger partial charge in [0.05, 0.1) is 11.3 Å². The molecule has 5 N–H and O–H groups in total. The molecule has 0 spiro atoms. The van der Waals surface area contributed by atoms with Gasteiger partial charge in [-0.15, -0.1) is 5.10 Å². The van der Waals surface area contributed by atoms with Crippen molar-refractivity contribution in [2.24, 2.45) is 0 Å². The van der Waals surface area contributed by atoms with E-state index >= 15 is 0 Å². The number of nitrogens with zero attached hydrogens (tertiary/aromatic N) is 4. The maximum absolute atomic E-state index is 10.2. The van der Waals surface area contributed by atoms with E-state index in [1.165, 1.54) is 0 Å². The molecule has 0 aliphatic rings. The van der Waals surface area contributed by atoms with E-state index in [0.717, 1.165) is 27.9 Å². The Morgan fingerprint density at radius 2 is 1.78 bits per heavy atom. The maximum atomic E-state index is 10.2. The number of anilines is 2. The molecule has 138 valence electrons. The molecule has 0 bridgehead atoms. The molecule has 0 fully saturated rings. The number of phenols is 1. The summed E-state index contributed by atoms with van der Waals surface area (Å²) in [6.45, 7) is 7.72.